The fraction of sp³-hybridized carbons (Fsp3) is 0.560. The van der Waals surface area contributed by atoms with Crippen LogP contribution in [-0.4, -0.2) is 69.3 Å². The maximum absolute atomic E-state index is 13.5. The summed E-state index contributed by atoms with van der Waals surface area (Å²) in [5.74, 6) is -1.07. The topological polar surface area (TPSA) is 78.7 Å². The van der Waals surface area contributed by atoms with Gasteiger partial charge in [-0.2, -0.15) is 18.3 Å². The summed E-state index contributed by atoms with van der Waals surface area (Å²) in [4.78, 5) is 28.1. The first-order valence-electron chi connectivity index (χ1n) is 12.2. The zero-order valence-corrected chi connectivity index (χ0v) is 19.4. The highest BCUT2D eigenvalue weighted by Gasteiger charge is 2.40. The highest BCUT2D eigenvalue weighted by molar-refractivity contribution is 5.95. The number of aromatic nitrogens is 2. The molecule has 0 spiro atoms. The molecule has 1 atom stereocenters. The lowest BCUT2D eigenvalue weighted by molar-refractivity contribution is -0.139. The minimum atomic E-state index is -4.42. The van der Waals surface area contributed by atoms with Gasteiger partial charge in [-0.1, -0.05) is 18.2 Å². The fourth-order valence-corrected chi connectivity index (χ4v) is 5.58. The van der Waals surface area contributed by atoms with Crippen molar-refractivity contribution in [2.24, 2.45) is 0 Å². The summed E-state index contributed by atoms with van der Waals surface area (Å²) in [6.45, 7) is 2.03. The molecule has 2 aliphatic heterocycles. The first-order chi connectivity index (χ1) is 16.7. The first kappa shape index (κ1) is 23.8. The molecule has 0 bridgehead atoms. The number of benzene rings is 1. The number of carboxylic acids is 1. The first-order valence-corrected chi connectivity index (χ1v) is 12.2. The van der Waals surface area contributed by atoms with E-state index in [4.69, 9.17) is 5.11 Å². The summed E-state index contributed by atoms with van der Waals surface area (Å²) >= 11 is 0. The predicted octanol–water partition coefficient (Wildman–Crippen LogP) is 4.13. The van der Waals surface area contributed by atoms with Gasteiger partial charge in [-0.3, -0.25) is 19.2 Å². The molecule has 3 aliphatic rings. The van der Waals surface area contributed by atoms with Gasteiger partial charge in [0.25, 0.3) is 5.91 Å². The standard InChI is InChI=1S/C25H29F3N4O3/c26-25(27,28)21-4-2-1-3-19(21)17-7-12-31(14-17)24(35)20-13-29-32(23(20)16-5-6-16)18-8-10-30(11-9-18)15-22(33)34/h1-4,13,16-18H,5-12,14-15H2,(H,33,34)/t17-/m1/s1. The fourth-order valence-electron chi connectivity index (χ4n) is 5.58. The number of alkyl halides is 3. The molecule has 10 heteroatoms. The minimum absolute atomic E-state index is 0.0264. The van der Waals surface area contributed by atoms with Crippen molar-refractivity contribution in [3.8, 4) is 0 Å². The molecule has 1 aromatic heterocycles. The Morgan fingerprint density at radius 1 is 1.00 bits per heavy atom. The minimum Gasteiger partial charge on any atom is -0.480 e. The van der Waals surface area contributed by atoms with Gasteiger partial charge in [-0.25, -0.2) is 0 Å². The lowest BCUT2D eigenvalue weighted by atomic mass is 9.93. The highest BCUT2D eigenvalue weighted by atomic mass is 19.4. The normalized spacial score (nSPS) is 22.0. The molecule has 188 valence electrons. The number of piperidine rings is 1. The smallest absolute Gasteiger partial charge is 0.416 e. The molecule has 1 aromatic carbocycles. The molecule has 5 rings (SSSR count). The van der Waals surface area contributed by atoms with Crippen molar-refractivity contribution in [3.05, 3.63) is 52.8 Å². The summed E-state index contributed by atoms with van der Waals surface area (Å²) in [6.07, 6.45) is 1.21. The van der Waals surface area contributed by atoms with E-state index in [0.29, 0.717) is 31.6 Å². The number of halogens is 3. The van der Waals surface area contributed by atoms with Gasteiger partial charge in [0.2, 0.25) is 0 Å². The highest BCUT2D eigenvalue weighted by Crippen LogP contribution is 2.44. The molecule has 1 saturated carbocycles. The van der Waals surface area contributed by atoms with Gasteiger partial charge in [-0.05, 0) is 43.7 Å². The van der Waals surface area contributed by atoms with Crippen LogP contribution in [0, 0.1) is 0 Å². The van der Waals surface area contributed by atoms with Gasteiger partial charge >= 0.3 is 12.1 Å². The van der Waals surface area contributed by atoms with E-state index in [1.165, 1.54) is 12.1 Å². The van der Waals surface area contributed by atoms with Gasteiger partial charge in [0.05, 0.1) is 35.6 Å². The Kier molecular flexibility index (Phi) is 6.33. The maximum atomic E-state index is 13.5. The Balaban J connectivity index is 1.32. The van der Waals surface area contributed by atoms with E-state index >= 15 is 0 Å². The molecule has 3 heterocycles. The molecule has 2 aromatic rings. The molecule has 0 unspecified atom stereocenters. The third-order valence-electron chi connectivity index (χ3n) is 7.47. The van der Waals surface area contributed by atoms with Crippen LogP contribution in [0.5, 0.6) is 0 Å². The second-order valence-corrected chi connectivity index (χ2v) is 9.89. The van der Waals surface area contributed by atoms with Gasteiger partial charge in [0.1, 0.15) is 0 Å². The molecular formula is C25H29F3N4O3. The summed E-state index contributed by atoms with van der Waals surface area (Å²) in [6, 6.07) is 5.75. The third kappa shape index (κ3) is 4.94. The number of amides is 1. The van der Waals surface area contributed by atoms with E-state index in [0.717, 1.165) is 37.4 Å². The van der Waals surface area contributed by atoms with Crippen LogP contribution in [0.4, 0.5) is 13.2 Å². The summed E-state index contributed by atoms with van der Waals surface area (Å²) in [5.41, 5.74) is 1.12. The van der Waals surface area contributed by atoms with Crippen molar-refractivity contribution in [3.63, 3.8) is 0 Å². The molecule has 0 radical (unpaired) electrons. The number of rotatable bonds is 6. The molecule has 7 nitrogen and oxygen atoms in total. The van der Waals surface area contributed by atoms with E-state index in [1.54, 1.807) is 17.2 Å². The van der Waals surface area contributed by atoms with Crippen molar-refractivity contribution < 1.29 is 27.9 Å². The van der Waals surface area contributed by atoms with Gasteiger partial charge in [0.15, 0.2) is 0 Å². The number of carbonyl (C=O) groups excluding carboxylic acids is 1. The quantitative estimate of drug-likeness (QED) is 0.659. The van der Waals surface area contributed by atoms with E-state index in [1.807, 2.05) is 9.58 Å². The molecule has 1 amide bonds. The molecule has 35 heavy (non-hydrogen) atoms. The number of likely N-dealkylation sites (tertiary alicyclic amines) is 2. The number of carbonyl (C=O) groups is 2. The lowest BCUT2D eigenvalue weighted by Gasteiger charge is -2.32. The molecule has 3 fully saturated rings. The van der Waals surface area contributed by atoms with Crippen LogP contribution in [0.15, 0.2) is 30.5 Å². The Labute approximate surface area is 201 Å². The second-order valence-electron chi connectivity index (χ2n) is 9.89. The number of hydrogen-bond donors (Lipinski definition) is 1. The number of carboxylic acid groups (broad SMARTS) is 1. The van der Waals surface area contributed by atoms with Crippen molar-refractivity contribution >= 4 is 11.9 Å². The van der Waals surface area contributed by atoms with Crippen LogP contribution in [0.2, 0.25) is 0 Å². The summed E-state index contributed by atoms with van der Waals surface area (Å²) in [7, 11) is 0. The molecule has 1 N–H and O–H groups in total. The van der Waals surface area contributed by atoms with Crippen LogP contribution in [0.3, 0.4) is 0 Å². The van der Waals surface area contributed by atoms with Crippen molar-refractivity contribution in [2.45, 2.75) is 56.2 Å². The zero-order valence-electron chi connectivity index (χ0n) is 19.4. The van der Waals surface area contributed by atoms with Crippen LogP contribution in [0.25, 0.3) is 0 Å². The van der Waals surface area contributed by atoms with Gasteiger partial charge in [-0.15, -0.1) is 0 Å². The van der Waals surface area contributed by atoms with Crippen LogP contribution >= 0.6 is 0 Å². The Bertz CT molecular complexity index is 1100. The zero-order chi connectivity index (χ0) is 24.7. The number of aliphatic carboxylic acids is 1. The Morgan fingerprint density at radius 3 is 2.37 bits per heavy atom. The SMILES string of the molecule is O=C(O)CN1CCC(n2ncc(C(=O)N3CC[C@@H](c4ccccc4C(F)(F)F)C3)c2C2CC2)CC1. The van der Waals surface area contributed by atoms with Crippen LogP contribution in [-0.2, 0) is 11.0 Å². The van der Waals surface area contributed by atoms with Gasteiger partial charge < -0.3 is 10.0 Å². The summed E-state index contributed by atoms with van der Waals surface area (Å²) in [5, 5.41) is 13.6. The van der Waals surface area contributed by atoms with Crippen molar-refractivity contribution in [1.29, 1.82) is 0 Å². The van der Waals surface area contributed by atoms with Crippen molar-refractivity contribution in [1.82, 2.24) is 19.6 Å². The number of nitrogens with zero attached hydrogens (tertiary/aromatic N) is 4. The van der Waals surface area contributed by atoms with Crippen LogP contribution < -0.4 is 0 Å². The predicted molar refractivity (Wildman–Crippen MR) is 121 cm³/mol. The second kappa shape index (κ2) is 9.29. The monoisotopic (exact) mass is 490 g/mol. The average molecular weight is 491 g/mol. The lowest BCUT2D eigenvalue weighted by Crippen LogP contribution is -2.38. The molecule has 2 saturated heterocycles. The van der Waals surface area contributed by atoms with E-state index in [9.17, 15) is 22.8 Å². The number of hydrogen-bond acceptors (Lipinski definition) is 4. The Hall–Kier alpha value is -2.88. The Morgan fingerprint density at radius 2 is 1.71 bits per heavy atom. The largest absolute Gasteiger partial charge is 0.480 e. The van der Waals surface area contributed by atoms with E-state index in [-0.39, 0.29) is 42.4 Å². The van der Waals surface area contributed by atoms with Gasteiger partial charge in [0, 0.05) is 38.0 Å². The van der Waals surface area contributed by atoms with E-state index < -0.39 is 17.7 Å². The molecule has 1 aliphatic carbocycles. The third-order valence-corrected chi connectivity index (χ3v) is 7.47. The van der Waals surface area contributed by atoms with E-state index in [2.05, 4.69) is 5.10 Å². The molecular weight excluding hydrogens is 461 g/mol. The summed E-state index contributed by atoms with van der Waals surface area (Å²) < 4.78 is 42.5. The average Bonchev–Trinajstić information content (AvgIpc) is 3.37. The van der Waals surface area contributed by atoms with Crippen molar-refractivity contribution in [2.75, 3.05) is 32.7 Å². The maximum Gasteiger partial charge on any atom is 0.416 e. The van der Waals surface area contributed by atoms with Crippen LogP contribution in [0.1, 0.15) is 77.2 Å².